The molecule has 3 rings (SSSR count). The van der Waals surface area contributed by atoms with Gasteiger partial charge in [-0.05, 0) is 37.0 Å². The summed E-state index contributed by atoms with van der Waals surface area (Å²) < 4.78 is 5.90. The highest BCUT2D eigenvalue weighted by molar-refractivity contribution is 5.74. The van der Waals surface area contributed by atoms with Crippen molar-refractivity contribution in [3.63, 3.8) is 0 Å². The van der Waals surface area contributed by atoms with Gasteiger partial charge in [-0.25, -0.2) is 4.79 Å². The molecular weight excluding hydrogens is 316 g/mol. The molecule has 1 fully saturated rings. The topological polar surface area (TPSA) is 61.8 Å². The summed E-state index contributed by atoms with van der Waals surface area (Å²) in [6, 6.07) is 17.0. The zero-order valence-electron chi connectivity index (χ0n) is 14.4. The summed E-state index contributed by atoms with van der Waals surface area (Å²) in [5.74, 6) is 1.83. The number of hydrogen-bond acceptors (Lipinski definition) is 3. The number of carbonyl (C=O) groups is 1. The zero-order valence-corrected chi connectivity index (χ0v) is 14.4. The fraction of sp³-hybridized carbons (Fsp3) is 0.350. The molecule has 0 aromatic heterocycles. The summed E-state index contributed by atoms with van der Waals surface area (Å²) in [6.07, 6.45) is 1.69. The Kier molecular flexibility index (Phi) is 5.56. The first-order valence-electron chi connectivity index (χ1n) is 8.61. The molecule has 2 aromatic rings. The van der Waals surface area contributed by atoms with E-state index < -0.39 is 6.10 Å². The Morgan fingerprint density at radius 2 is 1.88 bits per heavy atom. The van der Waals surface area contributed by atoms with Gasteiger partial charge in [-0.15, -0.1) is 0 Å². The van der Waals surface area contributed by atoms with Crippen LogP contribution in [0.3, 0.4) is 0 Å². The lowest BCUT2D eigenvalue weighted by Crippen LogP contribution is -2.41. The third-order valence-corrected chi connectivity index (χ3v) is 4.35. The third-order valence-electron chi connectivity index (χ3n) is 4.35. The quantitative estimate of drug-likeness (QED) is 0.812. The van der Waals surface area contributed by atoms with E-state index in [2.05, 4.69) is 5.32 Å². The molecule has 25 heavy (non-hydrogen) atoms. The molecule has 1 aliphatic rings. The minimum Gasteiger partial charge on any atom is -0.457 e. The number of benzene rings is 2. The molecule has 1 saturated carbocycles. The highest BCUT2D eigenvalue weighted by Gasteiger charge is 2.31. The van der Waals surface area contributed by atoms with Gasteiger partial charge >= 0.3 is 6.03 Å². The van der Waals surface area contributed by atoms with Crippen molar-refractivity contribution in [1.29, 1.82) is 0 Å². The SMILES string of the molecule is CN(CC(O)C1CC1)C(=O)NCc1ccccc1Oc1ccccc1. The van der Waals surface area contributed by atoms with Crippen molar-refractivity contribution in [3.8, 4) is 11.5 Å². The van der Waals surface area contributed by atoms with E-state index in [0.717, 1.165) is 29.9 Å². The first-order chi connectivity index (χ1) is 12.1. The zero-order chi connectivity index (χ0) is 17.6. The Morgan fingerprint density at radius 3 is 2.60 bits per heavy atom. The molecule has 0 heterocycles. The van der Waals surface area contributed by atoms with Crippen molar-refractivity contribution >= 4 is 6.03 Å². The molecule has 5 nitrogen and oxygen atoms in total. The van der Waals surface area contributed by atoms with Crippen molar-refractivity contribution in [1.82, 2.24) is 10.2 Å². The maximum Gasteiger partial charge on any atom is 0.317 e. The number of amides is 2. The van der Waals surface area contributed by atoms with E-state index in [1.165, 1.54) is 4.90 Å². The van der Waals surface area contributed by atoms with Gasteiger partial charge in [0.15, 0.2) is 0 Å². The van der Waals surface area contributed by atoms with E-state index in [4.69, 9.17) is 4.74 Å². The molecule has 2 N–H and O–H groups in total. The minimum absolute atomic E-state index is 0.200. The molecule has 2 amide bonds. The van der Waals surface area contributed by atoms with Crippen molar-refractivity contribution < 1.29 is 14.6 Å². The monoisotopic (exact) mass is 340 g/mol. The molecule has 0 aliphatic heterocycles. The van der Waals surface area contributed by atoms with Crippen LogP contribution < -0.4 is 10.1 Å². The van der Waals surface area contributed by atoms with Gasteiger partial charge in [-0.3, -0.25) is 0 Å². The smallest absolute Gasteiger partial charge is 0.317 e. The number of aliphatic hydroxyl groups is 1. The number of rotatable bonds is 7. The second-order valence-corrected chi connectivity index (χ2v) is 6.47. The largest absolute Gasteiger partial charge is 0.457 e. The normalized spacial score (nSPS) is 14.6. The summed E-state index contributed by atoms with van der Waals surface area (Å²) in [6.45, 7) is 0.727. The predicted molar refractivity (Wildman–Crippen MR) is 96.6 cm³/mol. The number of aliphatic hydroxyl groups excluding tert-OH is 1. The number of para-hydroxylation sites is 2. The maximum absolute atomic E-state index is 12.2. The van der Waals surface area contributed by atoms with Crippen LogP contribution in [0.4, 0.5) is 4.79 Å². The lowest BCUT2D eigenvalue weighted by atomic mass is 10.2. The molecule has 1 atom stereocenters. The average molecular weight is 340 g/mol. The van der Waals surface area contributed by atoms with E-state index in [1.54, 1.807) is 7.05 Å². The predicted octanol–water partition coefficient (Wildman–Crippen LogP) is 3.39. The lowest BCUT2D eigenvalue weighted by Gasteiger charge is -2.21. The summed E-state index contributed by atoms with van der Waals surface area (Å²) in [5.41, 5.74) is 0.899. The molecule has 5 heteroatoms. The Balaban J connectivity index is 1.56. The van der Waals surface area contributed by atoms with E-state index >= 15 is 0 Å². The summed E-state index contributed by atoms with van der Waals surface area (Å²) in [7, 11) is 1.70. The number of ether oxygens (including phenoxy) is 1. The molecule has 1 unspecified atom stereocenters. The van der Waals surface area contributed by atoms with Crippen LogP contribution >= 0.6 is 0 Å². The van der Waals surface area contributed by atoms with Crippen LogP contribution in [0.2, 0.25) is 0 Å². The standard InChI is InChI=1S/C20H24N2O3/c1-22(14-18(23)15-11-12-15)20(24)21-13-16-7-5-6-10-19(16)25-17-8-3-2-4-9-17/h2-10,15,18,23H,11-14H2,1H3,(H,21,24). The number of urea groups is 1. The van der Waals surface area contributed by atoms with Gasteiger partial charge in [0.2, 0.25) is 0 Å². The van der Waals surface area contributed by atoms with Crippen LogP contribution in [0.15, 0.2) is 54.6 Å². The van der Waals surface area contributed by atoms with E-state index in [1.807, 2.05) is 54.6 Å². The first-order valence-corrected chi connectivity index (χ1v) is 8.61. The second-order valence-electron chi connectivity index (χ2n) is 6.47. The minimum atomic E-state index is -0.426. The fourth-order valence-corrected chi connectivity index (χ4v) is 2.66. The first kappa shape index (κ1) is 17.3. The van der Waals surface area contributed by atoms with Crippen molar-refractivity contribution in [2.45, 2.75) is 25.5 Å². The Morgan fingerprint density at radius 1 is 1.20 bits per heavy atom. The van der Waals surface area contributed by atoms with E-state index in [9.17, 15) is 9.90 Å². The molecule has 0 saturated heterocycles. The summed E-state index contributed by atoms with van der Waals surface area (Å²) in [4.78, 5) is 13.8. The maximum atomic E-state index is 12.2. The number of nitrogens with zero attached hydrogens (tertiary/aromatic N) is 1. The van der Waals surface area contributed by atoms with Crippen LogP contribution in [0.5, 0.6) is 11.5 Å². The van der Waals surface area contributed by atoms with Crippen molar-refractivity contribution in [2.24, 2.45) is 5.92 Å². The molecule has 1 aliphatic carbocycles. The van der Waals surface area contributed by atoms with E-state index in [0.29, 0.717) is 19.0 Å². The highest BCUT2D eigenvalue weighted by atomic mass is 16.5. The Bertz CT molecular complexity index is 701. The van der Waals surface area contributed by atoms with Crippen LogP contribution in [0, 0.1) is 5.92 Å². The van der Waals surface area contributed by atoms with Gasteiger partial charge in [0, 0.05) is 25.7 Å². The van der Waals surface area contributed by atoms with Crippen LogP contribution in [0.1, 0.15) is 18.4 Å². The molecule has 132 valence electrons. The lowest BCUT2D eigenvalue weighted by molar-refractivity contribution is 0.113. The Hall–Kier alpha value is -2.53. The number of likely N-dealkylation sites (N-methyl/N-ethyl adjacent to an activating group) is 1. The number of nitrogens with one attached hydrogen (secondary N) is 1. The molecule has 2 aromatic carbocycles. The van der Waals surface area contributed by atoms with Gasteiger partial charge in [0.1, 0.15) is 11.5 Å². The number of hydrogen-bond donors (Lipinski definition) is 2. The van der Waals surface area contributed by atoms with Crippen molar-refractivity contribution in [3.05, 3.63) is 60.2 Å². The molecule has 0 spiro atoms. The van der Waals surface area contributed by atoms with Crippen LogP contribution in [0.25, 0.3) is 0 Å². The van der Waals surface area contributed by atoms with Crippen LogP contribution in [-0.2, 0) is 6.54 Å². The van der Waals surface area contributed by atoms with Gasteiger partial charge < -0.3 is 20.1 Å². The van der Waals surface area contributed by atoms with Crippen molar-refractivity contribution in [2.75, 3.05) is 13.6 Å². The highest BCUT2D eigenvalue weighted by Crippen LogP contribution is 2.32. The summed E-state index contributed by atoms with van der Waals surface area (Å²) >= 11 is 0. The molecular formula is C20H24N2O3. The molecule has 0 radical (unpaired) electrons. The Labute approximate surface area is 148 Å². The van der Waals surface area contributed by atoms with Gasteiger partial charge in [0.05, 0.1) is 6.10 Å². The molecule has 0 bridgehead atoms. The third kappa shape index (κ3) is 4.97. The van der Waals surface area contributed by atoms with Crippen LogP contribution in [-0.4, -0.2) is 35.7 Å². The second kappa shape index (κ2) is 8.03. The fourth-order valence-electron chi connectivity index (χ4n) is 2.66. The van der Waals surface area contributed by atoms with Gasteiger partial charge in [0.25, 0.3) is 0 Å². The van der Waals surface area contributed by atoms with Gasteiger partial charge in [-0.1, -0.05) is 36.4 Å². The summed E-state index contributed by atoms with van der Waals surface area (Å²) in [5, 5.41) is 12.8. The van der Waals surface area contributed by atoms with E-state index in [-0.39, 0.29) is 6.03 Å². The number of carbonyl (C=O) groups excluding carboxylic acids is 1. The van der Waals surface area contributed by atoms with Gasteiger partial charge in [-0.2, -0.15) is 0 Å². The average Bonchev–Trinajstić information content (AvgIpc) is 3.46.